The summed E-state index contributed by atoms with van der Waals surface area (Å²) in [4.78, 5) is 15.3. The van der Waals surface area contributed by atoms with Crippen molar-refractivity contribution in [2.24, 2.45) is 0 Å². The van der Waals surface area contributed by atoms with E-state index in [9.17, 15) is 36.0 Å². The number of pyridine rings is 1. The van der Waals surface area contributed by atoms with Gasteiger partial charge in [0.1, 0.15) is 11.6 Å². The molecule has 1 N–H and O–H groups in total. The highest BCUT2D eigenvalue weighted by Gasteiger charge is 2.32. The number of rotatable bonds is 3. The fourth-order valence-corrected chi connectivity index (χ4v) is 4.53. The van der Waals surface area contributed by atoms with E-state index in [4.69, 9.17) is 0 Å². The molecule has 6 nitrogen and oxygen atoms in total. The van der Waals surface area contributed by atoms with Crippen LogP contribution in [0.15, 0.2) is 64.3 Å². The molecule has 0 bridgehead atoms. The first-order chi connectivity index (χ1) is 17.8. The third-order valence-electron chi connectivity index (χ3n) is 5.24. The van der Waals surface area contributed by atoms with Crippen LogP contribution in [0.1, 0.15) is 16.7 Å². The maximum atomic E-state index is 15.3. The first kappa shape index (κ1) is 26.4. The van der Waals surface area contributed by atoms with Gasteiger partial charge in [-0.05, 0) is 36.4 Å². The molecular weight excluding hydrogens is 531 g/mol. The third-order valence-corrected chi connectivity index (χ3v) is 6.40. The topological polar surface area (TPSA) is 100 Å². The second-order valence-electron chi connectivity index (χ2n) is 7.91. The number of hydrogen-bond donors (Lipinski definition) is 1. The lowest BCUT2D eigenvalue weighted by atomic mass is 10.0. The number of sulfone groups is 1. The monoisotopic (exact) mass is 544 g/mol. The molecule has 4 rings (SSSR count). The normalized spacial score (nSPS) is 11.5. The maximum absolute atomic E-state index is 15.3. The largest absolute Gasteiger partial charge is 0.573 e. The van der Waals surface area contributed by atoms with Gasteiger partial charge in [-0.3, -0.25) is 4.79 Å². The first-order valence-electron chi connectivity index (χ1n) is 10.4. The molecule has 0 atom stereocenters. The lowest BCUT2D eigenvalue weighted by molar-refractivity contribution is -0.274. The molecule has 12 heteroatoms. The van der Waals surface area contributed by atoms with Gasteiger partial charge in [0.25, 0.3) is 0 Å². The zero-order valence-corrected chi connectivity index (χ0v) is 19.9. The van der Waals surface area contributed by atoms with Crippen molar-refractivity contribution in [3.05, 3.63) is 93.1 Å². The van der Waals surface area contributed by atoms with Crippen molar-refractivity contribution >= 4 is 20.7 Å². The van der Waals surface area contributed by atoms with Crippen LogP contribution in [-0.4, -0.2) is 26.0 Å². The number of nitrogens with zero attached hydrogens (tertiary/aromatic N) is 1. The van der Waals surface area contributed by atoms with Gasteiger partial charge in [0.15, 0.2) is 21.1 Å². The molecule has 0 aliphatic rings. The fraction of sp³-hybridized carbons (Fsp3) is 0.0769. The van der Waals surface area contributed by atoms with Crippen LogP contribution >= 0.6 is 0 Å². The summed E-state index contributed by atoms with van der Waals surface area (Å²) < 4.78 is 96.4. The van der Waals surface area contributed by atoms with Gasteiger partial charge >= 0.3 is 6.36 Å². The minimum atomic E-state index is -5.02. The second kappa shape index (κ2) is 9.65. The molecule has 3 aromatic carbocycles. The quantitative estimate of drug-likeness (QED) is 0.288. The maximum Gasteiger partial charge on any atom is 0.573 e. The summed E-state index contributed by atoms with van der Waals surface area (Å²) in [5, 5.41) is 8.58. The Morgan fingerprint density at radius 2 is 1.71 bits per heavy atom. The summed E-state index contributed by atoms with van der Waals surface area (Å²) in [6, 6.07) is 11.9. The number of alkyl halides is 3. The van der Waals surface area contributed by atoms with Crippen LogP contribution in [0.5, 0.6) is 5.75 Å². The minimum Gasteiger partial charge on any atom is -0.404 e. The smallest absolute Gasteiger partial charge is 0.404 e. The highest BCUT2D eigenvalue weighted by Crippen LogP contribution is 2.30. The number of H-pyrrole nitrogens is 1. The van der Waals surface area contributed by atoms with Crippen molar-refractivity contribution in [1.29, 1.82) is 5.26 Å². The van der Waals surface area contributed by atoms with Crippen molar-refractivity contribution < 1.29 is 35.1 Å². The first-order valence-corrected chi connectivity index (χ1v) is 12.3. The van der Waals surface area contributed by atoms with Gasteiger partial charge in [-0.25, -0.2) is 17.2 Å². The summed E-state index contributed by atoms with van der Waals surface area (Å²) in [6.07, 6.45) is -4.11. The number of halogens is 5. The molecule has 0 fully saturated rings. The molecule has 0 saturated carbocycles. The van der Waals surface area contributed by atoms with E-state index in [-0.39, 0.29) is 32.8 Å². The van der Waals surface area contributed by atoms with Crippen LogP contribution in [0.3, 0.4) is 0 Å². The molecule has 192 valence electrons. The van der Waals surface area contributed by atoms with E-state index in [0.717, 1.165) is 30.5 Å². The molecule has 0 unspecified atom stereocenters. The molecule has 38 heavy (non-hydrogen) atoms. The molecule has 1 aromatic heterocycles. The van der Waals surface area contributed by atoms with Gasteiger partial charge in [-0.1, -0.05) is 24.0 Å². The highest BCUT2D eigenvalue weighted by atomic mass is 32.2. The Bertz CT molecular complexity index is 1880. The number of ether oxygens (including phenoxy) is 1. The Hall–Kier alpha value is -4.68. The summed E-state index contributed by atoms with van der Waals surface area (Å²) in [7, 11) is -3.82. The van der Waals surface area contributed by atoms with Crippen LogP contribution < -0.4 is 10.2 Å². The van der Waals surface area contributed by atoms with Gasteiger partial charge in [0.05, 0.1) is 44.3 Å². The number of nitriles is 1. The summed E-state index contributed by atoms with van der Waals surface area (Å²) in [6.45, 7) is 0. The van der Waals surface area contributed by atoms with Gasteiger partial charge in [-0.2, -0.15) is 5.26 Å². The number of aromatic amines is 1. The number of nitrogens with one attached hydrogen (secondary N) is 1. The van der Waals surface area contributed by atoms with Crippen molar-refractivity contribution in [3.63, 3.8) is 0 Å². The zero-order valence-electron chi connectivity index (χ0n) is 19.1. The number of benzene rings is 3. The Labute approximate surface area is 211 Å². The predicted octanol–water partition coefficient (Wildman–Crippen LogP) is 5.05. The van der Waals surface area contributed by atoms with Crippen molar-refractivity contribution in [2.75, 3.05) is 6.26 Å². The average molecular weight is 544 g/mol. The van der Waals surface area contributed by atoms with Gasteiger partial charge < -0.3 is 9.72 Å². The third kappa shape index (κ3) is 5.36. The Morgan fingerprint density at radius 1 is 1.00 bits per heavy atom. The molecule has 0 aliphatic heterocycles. The zero-order chi connectivity index (χ0) is 27.8. The van der Waals surface area contributed by atoms with E-state index >= 15 is 4.39 Å². The molecule has 4 aromatic rings. The molecular formula is C26H13F5N2O4S. The molecule has 0 aliphatic carbocycles. The lowest BCUT2D eigenvalue weighted by Gasteiger charge is -2.11. The van der Waals surface area contributed by atoms with Crippen LogP contribution in [0, 0.1) is 34.8 Å². The van der Waals surface area contributed by atoms with Gasteiger partial charge in [-0.15, -0.1) is 13.2 Å². The molecule has 0 amide bonds. The molecule has 0 spiro atoms. The van der Waals surface area contributed by atoms with E-state index in [2.05, 4.69) is 21.6 Å². The van der Waals surface area contributed by atoms with Crippen molar-refractivity contribution in [2.45, 2.75) is 11.3 Å². The molecule has 0 radical (unpaired) electrons. The van der Waals surface area contributed by atoms with E-state index in [1.54, 1.807) is 0 Å². The number of aromatic nitrogens is 1. The molecule has 0 saturated heterocycles. The van der Waals surface area contributed by atoms with Crippen LogP contribution in [-0.2, 0) is 9.84 Å². The van der Waals surface area contributed by atoms with Gasteiger partial charge in [0, 0.05) is 17.9 Å². The highest BCUT2D eigenvalue weighted by molar-refractivity contribution is 7.90. The van der Waals surface area contributed by atoms with E-state index in [0.29, 0.717) is 0 Å². The Balaban J connectivity index is 1.89. The second-order valence-corrected chi connectivity index (χ2v) is 9.89. The average Bonchev–Trinajstić information content (AvgIpc) is 2.82. The van der Waals surface area contributed by atoms with E-state index in [1.165, 1.54) is 30.3 Å². The Kier molecular flexibility index (Phi) is 6.70. The minimum absolute atomic E-state index is 0.0588. The number of fused-ring (bicyclic) bond motifs is 1. The SMILES string of the molecule is CS(=O)(=O)c1ccc(C#N)cc1-c1cc(=O)c2c(F)c(C#Cc3ccccc3OC(F)(F)F)c(F)cc2[nH]1. The lowest BCUT2D eigenvalue weighted by Crippen LogP contribution is -2.17. The van der Waals surface area contributed by atoms with Crippen LogP contribution in [0.2, 0.25) is 0 Å². The summed E-state index contributed by atoms with van der Waals surface area (Å²) in [5.41, 5.74) is -2.58. The standard InChI is InChI=1S/C26H13F5N2O4S/c1-38(35,36)23-9-6-14(13-32)10-17(23)19-12-21(34)24-20(33-19)11-18(27)16(25(24)28)8-7-15-4-2-3-5-22(15)37-26(29,30)31/h2-6,9-12H,1H3,(H,33,34). The predicted molar refractivity (Wildman–Crippen MR) is 127 cm³/mol. The summed E-state index contributed by atoms with van der Waals surface area (Å²) in [5.74, 6) is 1.05. The van der Waals surface area contributed by atoms with Crippen LogP contribution in [0.4, 0.5) is 22.0 Å². The number of para-hydroxylation sites is 1. The van der Waals surface area contributed by atoms with Crippen LogP contribution in [0.25, 0.3) is 22.2 Å². The van der Waals surface area contributed by atoms with E-state index < -0.39 is 50.0 Å². The summed E-state index contributed by atoms with van der Waals surface area (Å²) >= 11 is 0. The van der Waals surface area contributed by atoms with Gasteiger partial charge in [0.2, 0.25) is 0 Å². The Morgan fingerprint density at radius 3 is 2.37 bits per heavy atom. The molecule has 1 heterocycles. The van der Waals surface area contributed by atoms with Crippen molar-refractivity contribution in [3.8, 4) is 34.9 Å². The number of hydrogen-bond acceptors (Lipinski definition) is 5. The van der Waals surface area contributed by atoms with Crippen molar-refractivity contribution in [1.82, 2.24) is 4.98 Å². The van der Waals surface area contributed by atoms with E-state index in [1.807, 2.05) is 6.07 Å². The fourth-order valence-electron chi connectivity index (χ4n) is 3.65.